The molecular weight excluding hydrogens is 296 g/mol. The molecule has 84 valence electrons. The molecule has 0 bridgehead atoms. The quantitative estimate of drug-likeness (QED) is 0.744. The van der Waals surface area contributed by atoms with Gasteiger partial charge in [-0.2, -0.15) is 13.2 Å². The summed E-state index contributed by atoms with van der Waals surface area (Å²) in [6, 6.07) is 1.93. The fourth-order valence-electron chi connectivity index (χ4n) is 1.07. The number of halogens is 5. The molecule has 15 heavy (non-hydrogen) atoms. The van der Waals surface area contributed by atoms with Gasteiger partial charge in [0.25, 0.3) is 0 Å². The smallest absolute Gasteiger partial charge is 0.416 e. The summed E-state index contributed by atoms with van der Waals surface area (Å²) in [5.41, 5.74) is -0.415. The lowest BCUT2D eigenvalue weighted by Crippen LogP contribution is -2.06. The summed E-state index contributed by atoms with van der Waals surface area (Å²) >= 11 is 8.66. The molecule has 0 aromatic heterocycles. The second kappa shape index (κ2) is 4.61. The highest BCUT2D eigenvalue weighted by molar-refractivity contribution is 9.10. The molecule has 0 saturated carbocycles. The van der Waals surface area contributed by atoms with Crippen LogP contribution in [-0.4, -0.2) is 7.11 Å². The van der Waals surface area contributed by atoms with Crippen molar-refractivity contribution in [1.82, 2.24) is 0 Å². The van der Waals surface area contributed by atoms with Gasteiger partial charge in [-0.15, -0.1) is 11.6 Å². The van der Waals surface area contributed by atoms with E-state index in [1.807, 2.05) is 0 Å². The maximum atomic E-state index is 12.4. The van der Waals surface area contributed by atoms with E-state index in [-0.39, 0.29) is 11.6 Å². The second-order valence-electron chi connectivity index (χ2n) is 2.78. The molecule has 0 N–H and O–H groups in total. The monoisotopic (exact) mass is 302 g/mol. The number of benzene rings is 1. The molecule has 0 aliphatic carbocycles. The Morgan fingerprint density at radius 2 is 2.00 bits per heavy atom. The van der Waals surface area contributed by atoms with Crippen molar-refractivity contribution in [2.75, 3.05) is 7.11 Å². The van der Waals surface area contributed by atoms with Crippen molar-refractivity contribution >= 4 is 27.5 Å². The van der Waals surface area contributed by atoms with Crippen molar-refractivity contribution < 1.29 is 17.9 Å². The van der Waals surface area contributed by atoms with Crippen LogP contribution in [0.5, 0.6) is 5.75 Å². The van der Waals surface area contributed by atoms with E-state index in [4.69, 9.17) is 16.3 Å². The Morgan fingerprint density at radius 1 is 1.40 bits per heavy atom. The van der Waals surface area contributed by atoms with Crippen LogP contribution in [0.4, 0.5) is 13.2 Å². The van der Waals surface area contributed by atoms with E-state index in [0.717, 1.165) is 12.1 Å². The maximum absolute atomic E-state index is 12.4. The fourth-order valence-corrected chi connectivity index (χ4v) is 1.97. The van der Waals surface area contributed by atoms with Crippen LogP contribution >= 0.6 is 27.5 Å². The van der Waals surface area contributed by atoms with Gasteiger partial charge in [-0.05, 0) is 33.6 Å². The first-order valence-electron chi connectivity index (χ1n) is 3.89. The average molecular weight is 304 g/mol. The Bertz CT molecular complexity index is 340. The van der Waals surface area contributed by atoms with Gasteiger partial charge in [-0.25, -0.2) is 0 Å². The van der Waals surface area contributed by atoms with E-state index >= 15 is 0 Å². The van der Waals surface area contributed by atoms with Crippen LogP contribution in [0.2, 0.25) is 0 Å². The molecule has 0 aliphatic rings. The Kier molecular flexibility index (Phi) is 3.89. The number of methoxy groups -OCH3 is 1. The molecule has 0 spiro atoms. The molecule has 1 nitrogen and oxygen atoms in total. The van der Waals surface area contributed by atoms with Crippen LogP contribution in [0.1, 0.15) is 11.1 Å². The Balaban J connectivity index is 3.33. The third-order valence-corrected chi connectivity index (χ3v) is 2.99. The summed E-state index contributed by atoms with van der Waals surface area (Å²) in [6.45, 7) is 0. The molecule has 6 heteroatoms. The lowest BCUT2D eigenvalue weighted by molar-refractivity contribution is -0.137. The molecular formula is C9H7BrClF3O. The van der Waals surface area contributed by atoms with Gasteiger partial charge in [-0.3, -0.25) is 0 Å². The van der Waals surface area contributed by atoms with Gasteiger partial charge < -0.3 is 4.74 Å². The lowest BCUT2D eigenvalue weighted by atomic mass is 10.1. The molecule has 0 amide bonds. The van der Waals surface area contributed by atoms with E-state index in [9.17, 15) is 13.2 Å². The second-order valence-corrected chi connectivity index (χ2v) is 3.84. The molecule has 0 fully saturated rings. The average Bonchev–Trinajstić information content (AvgIpc) is 2.16. The summed E-state index contributed by atoms with van der Waals surface area (Å²) in [4.78, 5) is 0. The van der Waals surface area contributed by atoms with E-state index < -0.39 is 11.7 Å². The first-order chi connectivity index (χ1) is 6.90. The fraction of sp³-hybridized carbons (Fsp3) is 0.333. The van der Waals surface area contributed by atoms with Crippen molar-refractivity contribution in [2.24, 2.45) is 0 Å². The highest BCUT2D eigenvalue weighted by Gasteiger charge is 2.32. The standard InChI is InChI=1S/C9H7BrClF3O/c1-15-7-3-6(9(12,13)14)2-5(4-11)8(7)10/h2-3H,4H2,1H3. The molecule has 1 aromatic rings. The van der Waals surface area contributed by atoms with Crippen LogP contribution in [-0.2, 0) is 12.1 Å². The molecule has 1 aromatic carbocycles. The zero-order chi connectivity index (χ0) is 11.6. The third-order valence-electron chi connectivity index (χ3n) is 1.81. The van der Waals surface area contributed by atoms with Crippen molar-refractivity contribution in [3.8, 4) is 5.75 Å². The molecule has 0 aliphatic heterocycles. The highest BCUT2D eigenvalue weighted by atomic mass is 79.9. The van der Waals surface area contributed by atoms with Crippen LogP contribution < -0.4 is 4.74 Å². The third kappa shape index (κ3) is 2.78. The van der Waals surface area contributed by atoms with Gasteiger partial charge in [0, 0.05) is 5.88 Å². The zero-order valence-electron chi connectivity index (χ0n) is 7.66. The number of hydrogen-bond acceptors (Lipinski definition) is 1. The van der Waals surface area contributed by atoms with Crippen LogP contribution in [0.3, 0.4) is 0 Å². The summed E-state index contributed by atoms with van der Waals surface area (Å²) in [5.74, 6) is 0.112. The lowest BCUT2D eigenvalue weighted by Gasteiger charge is -2.12. The van der Waals surface area contributed by atoms with Crippen molar-refractivity contribution in [2.45, 2.75) is 12.1 Å². The van der Waals surface area contributed by atoms with Crippen molar-refractivity contribution in [3.05, 3.63) is 27.7 Å². The summed E-state index contributed by atoms with van der Waals surface area (Å²) in [7, 11) is 1.30. The van der Waals surface area contributed by atoms with E-state index in [2.05, 4.69) is 15.9 Å². The largest absolute Gasteiger partial charge is 0.496 e. The minimum atomic E-state index is -4.39. The van der Waals surface area contributed by atoms with Gasteiger partial charge in [0.2, 0.25) is 0 Å². The van der Waals surface area contributed by atoms with Crippen LogP contribution in [0.15, 0.2) is 16.6 Å². The molecule has 1 rings (SSSR count). The van der Waals surface area contributed by atoms with Crippen molar-refractivity contribution in [3.63, 3.8) is 0 Å². The number of alkyl halides is 4. The zero-order valence-corrected chi connectivity index (χ0v) is 10.0. The first kappa shape index (κ1) is 12.6. The van der Waals surface area contributed by atoms with Gasteiger partial charge in [-0.1, -0.05) is 0 Å². The van der Waals surface area contributed by atoms with E-state index in [0.29, 0.717) is 10.0 Å². The van der Waals surface area contributed by atoms with E-state index in [1.54, 1.807) is 0 Å². The molecule has 0 atom stereocenters. The van der Waals surface area contributed by atoms with Gasteiger partial charge in [0.1, 0.15) is 5.75 Å². The molecule has 0 heterocycles. The van der Waals surface area contributed by atoms with Gasteiger partial charge in [0.05, 0.1) is 17.1 Å². The minimum Gasteiger partial charge on any atom is -0.496 e. The topological polar surface area (TPSA) is 9.23 Å². The number of rotatable bonds is 2. The summed E-state index contributed by atoms with van der Waals surface area (Å²) in [5, 5.41) is 0. The Morgan fingerprint density at radius 3 is 2.40 bits per heavy atom. The summed E-state index contributed by atoms with van der Waals surface area (Å²) in [6.07, 6.45) is -4.39. The minimum absolute atomic E-state index is 0.0130. The highest BCUT2D eigenvalue weighted by Crippen LogP contribution is 2.37. The predicted octanol–water partition coefficient (Wildman–Crippen LogP) is 4.22. The Hall–Kier alpha value is -0.420. The normalized spacial score (nSPS) is 11.6. The predicted molar refractivity (Wildman–Crippen MR) is 55.3 cm³/mol. The van der Waals surface area contributed by atoms with Gasteiger partial charge in [0.15, 0.2) is 0 Å². The number of hydrogen-bond donors (Lipinski definition) is 0. The first-order valence-corrected chi connectivity index (χ1v) is 5.22. The van der Waals surface area contributed by atoms with Crippen LogP contribution in [0.25, 0.3) is 0 Å². The maximum Gasteiger partial charge on any atom is 0.416 e. The number of ether oxygens (including phenoxy) is 1. The Labute approximate surface area is 98.3 Å². The SMILES string of the molecule is COc1cc(C(F)(F)F)cc(CCl)c1Br. The van der Waals surface area contributed by atoms with E-state index in [1.165, 1.54) is 7.11 Å². The van der Waals surface area contributed by atoms with Crippen molar-refractivity contribution in [1.29, 1.82) is 0 Å². The molecule has 0 radical (unpaired) electrons. The van der Waals surface area contributed by atoms with Crippen LogP contribution in [0, 0.1) is 0 Å². The molecule has 0 unspecified atom stereocenters. The molecule has 0 saturated heterocycles. The summed E-state index contributed by atoms with van der Waals surface area (Å²) < 4.78 is 42.6. The van der Waals surface area contributed by atoms with Gasteiger partial charge >= 0.3 is 6.18 Å².